The van der Waals surface area contributed by atoms with Crippen LogP contribution in [0.2, 0.25) is 0 Å². The van der Waals surface area contributed by atoms with Gasteiger partial charge in [0.1, 0.15) is 0 Å². The molecule has 0 aromatic carbocycles. The maximum Gasteiger partial charge on any atom is 0.239 e. The molecule has 1 atom stereocenters. The summed E-state index contributed by atoms with van der Waals surface area (Å²) in [6.45, 7) is 4.54. The van der Waals surface area contributed by atoms with E-state index in [0.717, 1.165) is 32.4 Å². The molecule has 4 N–H and O–H groups in total. The minimum Gasteiger partial charge on any atom is -0.370 e. The predicted molar refractivity (Wildman–Crippen MR) is 98.2 cm³/mol. The van der Waals surface area contributed by atoms with E-state index in [9.17, 15) is 9.59 Å². The van der Waals surface area contributed by atoms with Crippen LogP contribution in [-0.4, -0.2) is 55.9 Å². The molecule has 1 rings (SSSR count). The Balaban J connectivity index is 0.00000441. The van der Waals surface area contributed by atoms with Crippen molar-refractivity contribution in [2.45, 2.75) is 32.6 Å². The van der Waals surface area contributed by atoms with Gasteiger partial charge >= 0.3 is 0 Å². The van der Waals surface area contributed by atoms with Gasteiger partial charge in [-0.05, 0) is 25.2 Å². The van der Waals surface area contributed by atoms with Crippen molar-refractivity contribution in [2.24, 2.45) is 16.6 Å². The van der Waals surface area contributed by atoms with Crippen LogP contribution in [0.1, 0.15) is 32.6 Å². The predicted octanol–water partition coefficient (Wildman–Crippen LogP) is 0.293. The molecule has 0 aromatic rings. The summed E-state index contributed by atoms with van der Waals surface area (Å²) in [6, 6.07) is 0. The Kier molecular flexibility index (Phi) is 10.9. The number of nitrogens with two attached hydrogens (primary N) is 1. The monoisotopic (exact) mass is 425 g/mol. The molecule has 1 heterocycles. The topological polar surface area (TPSA) is 99.8 Å². The highest BCUT2D eigenvalue weighted by Gasteiger charge is 2.23. The van der Waals surface area contributed by atoms with Gasteiger partial charge in [0, 0.05) is 33.1 Å². The summed E-state index contributed by atoms with van der Waals surface area (Å²) in [6.07, 6.45) is 3.33. The maximum atomic E-state index is 11.6. The SMILES string of the molecule is CCCNC(=O)CNC(=NC)N1CCCC(CC(N)=O)C1.I. The number of nitrogens with zero attached hydrogens (tertiary/aromatic N) is 2. The van der Waals surface area contributed by atoms with Gasteiger partial charge in [0.05, 0.1) is 6.54 Å². The van der Waals surface area contributed by atoms with Crippen LogP contribution in [0.5, 0.6) is 0 Å². The van der Waals surface area contributed by atoms with Crippen LogP contribution in [0.15, 0.2) is 4.99 Å². The Morgan fingerprint density at radius 1 is 1.36 bits per heavy atom. The molecule has 1 aliphatic heterocycles. The smallest absolute Gasteiger partial charge is 0.239 e. The summed E-state index contributed by atoms with van der Waals surface area (Å²) in [4.78, 5) is 28.9. The largest absolute Gasteiger partial charge is 0.370 e. The lowest BCUT2D eigenvalue weighted by molar-refractivity contribution is -0.120. The van der Waals surface area contributed by atoms with Crippen molar-refractivity contribution >= 4 is 41.8 Å². The molecule has 2 amide bonds. The summed E-state index contributed by atoms with van der Waals surface area (Å²) in [5, 5.41) is 5.88. The molecule has 1 unspecified atom stereocenters. The first-order valence-corrected chi connectivity index (χ1v) is 7.57. The molecule has 0 radical (unpaired) electrons. The number of amides is 2. The lowest BCUT2D eigenvalue weighted by Gasteiger charge is -2.34. The third-order valence-electron chi connectivity index (χ3n) is 3.50. The molecule has 1 saturated heterocycles. The van der Waals surface area contributed by atoms with Gasteiger partial charge in [-0.15, -0.1) is 24.0 Å². The Morgan fingerprint density at radius 2 is 2.09 bits per heavy atom. The second-order valence-electron chi connectivity index (χ2n) is 5.38. The third-order valence-corrected chi connectivity index (χ3v) is 3.50. The van der Waals surface area contributed by atoms with E-state index in [0.29, 0.717) is 18.9 Å². The lowest BCUT2D eigenvalue weighted by Crippen LogP contribution is -2.49. The number of nitrogens with one attached hydrogen (secondary N) is 2. The molecule has 8 heteroatoms. The molecule has 128 valence electrons. The third kappa shape index (κ3) is 7.81. The normalized spacial score (nSPS) is 18.4. The highest BCUT2D eigenvalue weighted by molar-refractivity contribution is 14.0. The number of piperidine rings is 1. The first kappa shape index (κ1) is 20.9. The zero-order valence-electron chi connectivity index (χ0n) is 13.4. The first-order chi connectivity index (χ1) is 10.1. The van der Waals surface area contributed by atoms with E-state index in [4.69, 9.17) is 5.73 Å². The van der Waals surface area contributed by atoms with E-state index >= 15 is 0 Å². The molecule has 0 aliphatic carbocycles. The van der Waals surface area contributed by atoms with Crippen molar-refractivity contribution in [1.82, 2.24) is 15.5 Å². The number of likely N-dealkylation sites (tertiary alicyclic amines) is 1. The fourth-order valence-electron chi connectivity index (χ4n) is 2.53. The Hall–Kier alpha value is -1.06. The van der Waals surface area contributed by atoms with Gasteiger partial charge in [0.15, 0.2) is 5.96 Å². The van der Waals surface area contributed by atoms with Crippen LogP contribution in [-0.2, 0) is 9.59 Å². The molecule has 1 aliphatic rings. The van der Waals surface area contributed by atoms with E-state index in [1.165, 1.54) is 0 Å². The highest BCUT2D eigenvalue weighted by Crippen LogP contribution is 2.19. The summed E-state index contributed by atoms with van der Waals surface area (Å²) in [5.41, 5.74) is 5.27. The van der Waals surface area contributed by atoms with Gasteiger partial charge in [0.2, 0.25) is 11.8 Å². The van der Waals surface area contributed by atoms with E-state index < -0.39 is 0 Å². The fourth-order valence-corrected chi connectivity index (χ4v) is 2.53. The average molecular weight is 425 g/mol. The molecule has 0 spiro atoms. The molecular weight excluding hydrogens is 397 g/mol. The Labute approximate surface area is 149 Å². The Morgan fingerprint density at radius 3 is 2.68 bits per heavy atom. The number of hydrogen-bond acceptors (Lipinski definition) is 3. The summed E-state index contributed by atoms with van der Waals surface area (Å²) >= 11 is 0. The number of rotatable bonds is 6. The molecule has 0 saturated carbocycles. The van der Waals surface area contributed by atoms with Crippen molar-refractivity contribution < 1.29 is 9.59 Å². The number of aliphatic imine (C=N–C) groups is 1. The standard InChI is InChI=1S/C14H27N5O2.HI/c1-3-6-17-13(21)9-18-14(16-2)19-7-4-5-11(10-19)8-12(15)20;/h11H,3-10H2,1-2H3,(H2,15,20)(H,16,18)(H,17,21);1H. The second-order valence-corrected chi connectivity index (χ2v) is 5.38. The van der Waals surface area contributed by atoms with E-state index in [2.05, 4.69) is 20.5 Å². The summed E-state index contributed by atoms with van der Waals surface area (Å²) in [7, 11) is 1.70. The number of hydrogen-bond donors (Lipinski definition) is 3. The zero-order valence-corrected chi connectivity index (χ0v) is 15.8. The van der Waals surface area contributed by atoms with Gasteiger partial charge in [-0.1, -0.05) is 6.92 Å². The maximum absolute atomic E-state index is 11.6. The van der Waals surface area contributed by atoms with Gasteiger partial charge in [-0.2, -0.15) is 0 Å². The van der Waals surface area contributed by atoms with Crippen LogP contribution >= 0.6 is 24.0 Å². The molecule has 22 heavy (non-hydrogen) atoms. The number of carbonyl (C=O) groups excluding carboxylic acids is 2. The minimum absolute atomic E-state index is 0. The van der Waals surface area contributed by atoms with Gasteiger partial charge in [-0.3, -0.25) is 14.6 Å². The number of halogens is 1. The molecular formula is C14H28IN5O2. The quantitative estimate of drug-likeness (QED) is 0.324. The average Bonchev–Trinajstić information content (AvgIpc) is 2.45. The van der Waals surface area contributed by atoms with Crippen LogP contribution in [0.3, 0.4) is 0 Å². The van der Waals surface area contributed by atoms with Crippen LogP contribution in [0, 0.1) is 5.92 Å². The number of carbonyl (C=O) groups is 2. The zero-order chi connectivity index (χ0) is 15.7. The summed E-state index contributed by atoms with van der Waals surface area (Å²) < 4.78 is 0. The van der Waals surface area contributed by atoms with Crippen LogP contribution in [0.25, 0.3) is 0 Å². The second kappa shape index (κ2) is 11.5. The van der Waals surface area contributed by atoms with Crippen LogP contribution in [0.4, 0.5) is 0 Å². The van der Waals surface area contributed by atoms with Crippen molar-refractivity contribution in [3.8, 4) is 0 Å². The van der Waals surface area contributed by atoms with Gasteiger partial charge < -0.3 is 21.3 Å². The molecule has 1 fully saturated rings. The number of primary amides is 1. The molecule has 0 bridgehead atoms. The van der Waals surface area contributed by atoms with Crippen molar-refractivity contribution in [2.75, 3.05) is 33.2 Å². The van der Waals surface area contributed by atoms with Gasteiger partial charge in [0.25, 0.3) is 0 Å². The van der Waals surface area contributed by atoms with Crippen molar-refractivity contribution in [1.29, 1.82) is 0 Å². The van der Waals surface area contributed by atoms with E-state index in [1.54, 1.807) is 7.05 Å². The highest BCUT2D eigenvalue weighted by atomic mass is 127. The fraction of sp³-hybridized carbons (Fsp3) is 0.786. The minimum atomic E-state index is -0.260. The van der Waals surface area contributed by atoms with Crippen LogP contribution < -0.4 is 16.4 Å². The van der Waals surface area contributed by atoms with E-state index in [-0.39, 0.29) is 48.3 Å². The summed E-state index contributed by atoms with van der Waals surface area (Å²) in [5.74, 6) is 0.673. The Bertz CT molecular complexity index is 389. The molecule has 0 aromatic heterocycles. The molecule has 7 nitrogen and oxygen atoms in total. The van der Waals surface area contributed by atoms with Crippen molar-refractivity contribution in [3.63, 3.8) is 0 Å². The van der Waals surface area contributed by atoms with Crippen molar-refractivity contribution in [3.05, 3.63) is 0 Å². The number of guanidine groups is 1. The first-order valence-electron chi connectivity index (χ1n) is 7.57. The van der Waals surface area contributed by atoms with Gasteiger partial charge in [-0.25, -0.2) is 0 Å². The van der Waals surface area contributed by atoms with E-state index in [1.807, 2.05) is 6.92 Å². The lowest BCUT2D eigenvalue weighted by atomic mass is 9.95.